The second-order valence-electron chi connectivity index (χ2n) is 2.49. The number of aromatic nitrogens is 2. The lowest BCUT2D eigenvalue weighted by molar-refractivity contribution is 1.25. The first-order valence-electron chi connectivity index (χ1n) is 3.87. The van der Waals surface area contributed by atoms with Gasteiger partial charge in [0.2, 0.25) is 5.13 Å². The van der Waals surface area contributed by atoms with Crippen LogP contribution in [-0.2, 0) is 0 Å². The maximum Gasteiger partial charge on any atom is 0.226 e. The van der Waals surface area contributed by atoms with Gasteiger partial charge in [-0.05, 0) is 0 Å². The molecule has 0 bridgehead atoms. The lowest BCUT2D eigenvalue weighted by atomic mass is 10.2. The number of nitroso groups, excluding NO2 is 1. The van der Waals surface area contributed by atoms with Crippen LogP contribution in [0.2, 0.25) is 0 Å². The van der Waals surface area contributed by atoms with Crippen LogP contribution in [-0.4, -0.2) is 9.36 Å². The molecule has 0 atom stereocenters. The number of rotatable bonds is 3. The summed E-state index contributed by atoms with van der Waals surface area (Å²) >= 11 is 1.10. The van der Waals surface area contributed by atoms with Gasteiger partial charge in [0.05, 0.1) is 5.29 Å². The molecule has 0 unspecified atom stereocenters. The van der Waals surface area contributed by atoms with E-state index < -0.39 is 0 Å². The van der Waals surface area contributed by atoms with Crippen LogP contribution in [0, 0.1) is 4.91 Å². The predicted octanol–water partition coefficient (Wildman–Crippen LogP) is 2.30. The summed E-state index contributed by atoms with van der Waals surface area (Å²) in [5.41, 5.74) is 3.13. The fraction of sp³-hybridized carbons (Fsp3) is 0. The third-order valence-corrected chi connectivity index (χ3v) is 2.22. The summed E-state index contributed by atoms with van der Waals surface area (Å²) in [5, 5.41) is 2.92. The Morgan fingerprint density at radius 3 is 2.79 bits per heavy atom. The van der Waals surface area contributed by atoms with E-state index in [1.165, 1.54) is 0 Å². The van der Waals surface area contributed by atoms with Gasteiger partial charge in [0, 0.05) is 17.1 Å². The second kappa shape index (κ2) is 3.93. The smallest absolute Gasteiger partial charge is 0.214 e. The van der Waals surface area contributed by atoms with Crippen molar-refractivity contribution in [3.8, 4) is 11.4 Å². The minimum atomic E-state index is 0.402. The van der Waals surface area contributed by atoms with E-state index in [9.17, 15) is 4.91 Å². The Labute approximate surface area is 83.9 Å². The molecular formula is C8H6N4OS. The van der Waals surface area contributed by atoms with E-state index in [-0.39, 0.29) is 0 Å². The fourth-order valence-electron chi connectivity index (χ4n) is 1.01. The van der Waals surface area contributed by atoms with Crippen molar-refractivity contribution in [3.05, 3.63) is 35.2 Å². The molecule has 0 spiro atoms. The molecule has 0 aliphatic carbocycles. The molecule has 0 aliphatic heterocycles. The van der Waals surface area contributed by atoms with Crippen LogP contribution in [0.1, 0.15) is 0 Å². The Morgan fingerprint density at radius 1 is 1.29 bits per heavy atom. The Bertz CT molecular complexity index is 428. The van der Waals surface area contributed by atoms with Crippen molar-refractivity contribution in [1.82, 2.24) is 9.36 Å². The molecule has 1 aromatic carbocycles. The largest absolute Gasteiger partial charge is 0.226 e. The third kappa shape index (κ3) is 1.74. The molecule has 5 nitrogen and oxygen atoms in total. The Kier molecular flexibility index (Phi) is 2.46. The van der Waals surface area contributed by atoms with Gasteiger partial charge in [0.1, 0.15) is 0 Å². The zero-order valence-corrected chi connectivity index (χ0v) is 7.86. The molecule has 1 N–H and O–H groups in total. The van der Waals surface area contributed by atoms with Crippen molar-refractivity contribution in [2.75, 3.05) is 5.43 Å². The van der Waals surface area contributed by atoms with E-state index in [2.05, 4.69) is 20.1 Å². The molecule has 6 heteroatoms. The maximum absolute atomic E-state index is 9.90. The van der Waals surface area contributed by atoms with Gasteiger partial charge in [-0.2, -0.15) is 9.36 Å². The first kappa shape index (κ1) is 8.76. The molecule has 1 aromatic heterocycles. The highest BCUT2D eigenvalue weighted by Crippen LogP contribution is 2.20. The molecule has 0 amide bonds. The summed E-state index contributed by atoms with van der Waals surface area (Å²) in [6.45, 7) is 0. The lowest BCUT2D eigenvalue weighted by Gasteiger charge is -1.91. The van der Waals surface area contributed by atoms with E-state index in [4.69, 9.17) is 0 Å². The van der Waals surface area contributed by atoms with Crippen molar-refractivity contribution < 1.29 is 0 Å². The molecule has 0 saturated carbocycles. The summed E-state index contributed by atoms with van der Waals surface area (Å²) in [6.07, 6.45) is 0. The molecule has 0 saturated heterocycles. The molecule has 0 radical (unpaired) electrons. The van der Waals surface area contributed by atoms with E-state index in [1.807, 2.05) is 30.3 Å². The Hall–Kier alpha value is -1.82. The molecule has 70 valence electrons. The van der Waals surface area contributed by atoms with Gasteiger partial charge in [-0.3, -0.25) is 0 Å². The van der Waals surface area contributed by atoms with Crippen molar-refractivity contribution in [2.45, 2.75) is 0 Å². The van der Waals surface area contributed by atoms with Crippen LogP contribution < -0.4 is 5.43 Å². The highest BCUT2D eigenvalue weighted by atomic mass is 32.1. The second-order valence-corrected chi connectivity index (χ2v) is 3.24. The van der Waals surface area contributed by atoms with E-state index >= 15 is 0 Å². The van der Waals surface area contributed by atoms with Crippen molar-refractivity contribution in [3.63, 3.8) is 0 Å². The van der Waals surface area contributed by atoms with Gasteiger partial charge < -0.3 is 0 Å². The standard InChI is InChI=1S/C8H6N4OS/c13-12-10-8-9-7(11-14-8)6-4-2-1-3-5-6/h1-5H,(H,9,10,11,13). The van der Waals surface area contributed by atoms with Gasteiger partial charge in [-0.15, -0.1) is 4.91 Å². The first-order chi connectivity index (χ1) is 6.90. The van der Waals surface area contributed by atoms with Crippen molar-refractivity contribution >= 4 is 16.7 Å². The van der Waals surface area contributed by atoms with Gasteiger partial charge in [0.15, 0.2) is 5.82 Å². The van der Waals surface area contributed by atoms with Crippen LogP contribution in [0.15, 0.2) is 35.6 Å². The molecule has 2 rings (SSSR count). The van der Waals surface area contributed by atoms with Crippen LogP contribution in [0.3, 0.4) is 0 Å². The third-order valence-electron chi connectivity index (χ3n) is 1.60. The average Bonchev–Trinajstić information content (AvgIpc) is 2.68. The minimum absolute atomic E-state index is 0.402. The van der Waals surface area contributed by atoms with Gasteiger partial charge in [-0.25, -0.2) is 5.43 Å². The summed E-state index contributed by atoms with van der Waals surface area (Å²) in [7, 11) is 0. The number of nitrogens with one attached hydrogen (secondary N) is 1. The number of hydrogen-bond donors (Lipinski definition) is 1. The molecular weight excluding hydrogens is 200 g/mol. The van der Waals surface area contributed by atoms with E-state index in [1.54, 1.807) is 0 Å². The SMILES string of the molecule is O=NNc1nc(-c2ccccc2)ns1. The van der Waals surface area contributed by atoms with Crippen LogP contribution in [0.5, 0.6) is 0 Å². The quantitative estimate of drug-likeness (QED) is 0.618. The molecule has 0 fully saturated rings. The van der Waals surface area contributed by atoms with Gasteiger partial charge in [-0.1, -0.05) is 30.3 Å². The van der Waals surface area contributed by atoms with E-state index in [0.717, 1.165) is 17.1 Å². The lowest BCUT2D eigenvalue weighted by Crippen LogP contribution is -1.84. The number of nitrogens with zero attached hydrogens (tertiary/aromatic N) is 3. The van der Waals surface area contributed by atoms with Crippen LogP contribution in [0.4, 0.5) is 5.13 Å². The van der Waals surface area contributed by atoms with Crippen molar-refractivity contribution in [2.24, 2.45) is 5.29 Å². The zero-order valence-electron chi connectivity index (χ0n) is 7.04. The monoisotopic (exact) mass is 206 g/mol. The van der Waals surface area contributed by atoms with E-state index in [0.29, 0.717) is 11.0 Å². The molecule has 0 aliphatic rings. The number of hydrogen-bond acceptors (Lipinski definition) is 5. The summed E-state index contributed by atoms with van der Waals surface area (Å²) < 4.78 is 4.07. The van der Waals surface area contributed by atoms with Crippen molar-refractivity contribution in [1.29, 1.82) is 0 Å². The minimum Gasteiger partial charge on any atom is -0.214 e. The summed E-state index contributed by atoms with van der Waals surface area (Å²) in [6, 6.07) is 9.53. The number of benzene rings is 1. The first-order valence-corrected chi connectivity index (χ1v) is 4.65. The zero-order chi connectivity index (χ0) is 9.80. The Balaban J connectivity index is 2.29. The maximum atomic E-state index is 9.90. The summed E-state index contributed by atoms with van der Waals surface area (Å²) in [5.74, 6) is 0.599. The highest BCUT2D eigenvalue weighted by molar-refractivity contribution is 7.09. The predicted molar refractivity (Wildman–Crippen MR) is 54.8 cm³/mol. The van der Waals surface area contributed by atoms with Crippen LogP contribution >= 0.6 is 11.5 Å². The topological polar surface area (TPSA) is 67.2 Å². The van der Waals surface area contributed by atoms with Gasteiger partial charge >= 0.3 is 0 Å². The molecule has 14 heavy (non-hydrogen) atoms. The number of anilines is 1. The molecule has 1 heterocycles. The highest BCUT2D eigenvalue weighted by Gasteiger charge is 2.04. The Morgan fingerprint density at radius 2 is 2.07 bits per heavy atom. The summed E-state index contributed by atoms with van der Waals surface area (Å²) in [4.78, 5) is 14.0. The normalized spacial score (nSPS) is 9.71. The van der Waals surface area contributed by atoms with Gasteiger partial charge in [0.25, 0.3) is 0 Å². The fourth-order valence-corrected chi connectivity index (χ4v) is 1.54. The molecule has 2 aromatic rings. The van der Waals surface area contributed by atoms with Crippen LogP contribution in [0.25, 0.3) is 11.4 Å². The average molecular weight is 206 g/mol.